The van der Waals surface area contributed by atoms with Crippen LogP contribution in [0.5, 0.6) is 0 Å². The molecule has 0 saturated carbocycles. The van der Waals surface area contributed by atoms with Crippen LogP contribution < -0.4 is 5.73 Å². The fourth-order valence-electron chi connectivity index (χ4n) is 4.20. The van der Waals surface area contributed by atoms with Crippen LogP contribution in [0.25, 0.3) is 0 Å². The molecule has 2 N–H and O–H groups in total. The summed E-state index contributed by atoms with van der Waals surface area (Å²) in [5, 5.41) is 0. The molecule has 0 saturated heterocycles. The van der Waals surface area contributed by atoms with Crippen LogP contribution in [-0.4, -0.2) is 35.9 Å². The molecule has 0 fully saturated rings. The molecule has 4 aliphatic rings. The molecule has 3 heteroatoms. The van der Waals surface area contributed by atoms with Crippen LogP contribution in [0.1, 0.15) is 25.7 Å². The zero-order chi connectivity index (χ0) is 17.1. The van der Waals surface area contributed by atoms with Crippen LogP contribution >= 0.6 is 0 Å². The Morgan fingerprint density at radius 2 is 2.08 bits per heavy atom. The maximum absolute atomic E-state index is 6.01. The monoisotopic (exact) mass is 333 g/mol. The van der Waals surface area contributed by atoms with E-state index in [2.05, 4.69) is 65.7 Å². The van der Waals surface area contributed by atoms with Gasteiger partial charge in [-0.25, -0.2) is 0 Å². The van der Waals surface area contributed by atoms with Crippen molar-refractivity contribution in [2.75, 3.05) is 13.1 Å². The van der Waals surface area contributed by atoms with Gasteiger partial charge in [0.2, 0.25) is 0 Å². The highest BCUT2D eigenvalue weighted by molar-refractivity contribution is 6.02. The second-order valence-corrected chi connectivity index (χ2v) is 7.18. The third-order valence-electron chi connectivity index (χ3n) is 5.45. The summed E-state index contributed by atoms with van der Waals surface area (Å²) in [5.74, 6) is 1.67. The zero-order valence-corrected chi connectivity index (χ0v) is 14.7. The highest BCUT2D eigenvalue weighted by Gasteiger charge is 2.34. The highest BCUT2D eigenvalue weighted by Crippen LogP contribution is 2.33. The predicted octanol–water partition coefficient (Wildman–Crippen LogP) is 3.69. The third-order valence-corrected chi connectivity index (χ3v) is 5.45. The zero-order valence-electron chi connectivity index (χ0n) is 14.7. The lowest BCUT2D eigenvalue weighted by Gasteiger charge is -2.38. The maximum Gasteiger partial charge on any atom is 0.131 e. The fourth-order valence-corrected chi connectivity index (χ4v) is 4.20. The van der Waals surface area contributed by atoms with Crippen LogP contribution in [0.15, 0.2) is 76.9 Å². The van der Waals surface area contributed by atoms with Crippen LogP contribution in [0.2, 0.25) is 0 Å². The van der Waals surface area contributed by atoms with Gasteiger partial charge in [0.05, 0.1) is 12.6 Å². The van der Waals surface area contributed by atoms with Gasteiger partial charge in [-0.1, -0.05) is 60.8 Å². The largest absolute Gasteiger partial charge is 0.347 e. The van der Waals surface area contributed by atoms with Crippen molar-refractivity contribution in [1.29, 1.82) is 0 Å². The first kappa shape index (κ1) is 16.3. The molecule has 0 radical (unpaired) electrons. The maximum atomic E-state index is 6.01. The molecule has 0 spiro atoms. The number of allylic oxidation sites excluding steroid dienone is 6. The van der Waals surface area contributed by atoms with Crippen LogP contribution in [-0.2, 0) is 0 Å². The van der Waals surface area contributed by atoms with Crippen LogP contribution in [0.3, 0.4) is 0 Å². The van der Waals surface area contributed by atoms with E-state index in [1.54, 1.807) is 5.57 Å². The summed E-state index contributed by atoms with van der Waals surface area (Å²) < 4.78 is 0. The Hall–Kier alpha value is -2.13. The van der Waals surface area contributed by atoms with Crippen molar-refractivity contribution < 1.29 is 0 Å². The van der Waals surface area contributed by atoms with Gasteiger partial charge in [0.25, 0.3) is 0 Å². The SMILES string of the molecule is NC1C=CC(C2=NCCN2C(C2=CC=CCC2)C2C=CC=CC2)=CC1. The van der Waals surface area contributed by atoms with Gasteiger partial charge in [0.1, 0.15) is 5.84 Å². The van der Waals surface area contributed by atoms with E-state index in [-0.39, 0.29) is 6.04 Å². The highest BCUT2D eigenvalue weighted by atomic mass is 15.3. The number of nitrogens with zero attached hydrogens (tertiary/aromatic N) is 2. The number of amidine groups is 1. The summed E-state index contributed by atoms with van der Waals surface area (Å²) >= 11 is 0. The van der Waals surface area contributed by atoms with Crippen molar-refractivity contribution in [3.63, 3.8) is 0 Å². The molecule has 0 aromatic heterocycles. The molecule has 4 rings (SSSR count). The van der Waals surface area contributed by atoms with E-state index in [4.69, 9.17) is 10.7 Å². The minimum absolute atomic E-state index is 0.146. The van der Waals surface area contributed by atoms with Crippen molar-refractivity contribution in [3.05, 3.63) is 71.9 Å². The van der Waals surface area contributed by atoms with Gasteiger partial charge in [-0.15, -0.1) is 0 Å². The first-order valence-corrected chi connectivity index (χ1v) is 9.47. The fraction of sp³-hybridized carbons (Fsp3) is 0.409. The van der Waals surface area contributed by atoms with Crippen molar-refractivity contribution in [2.24, 2.45) is 16.6 Å². The van der Waals surface area contributed by atoms with E-state index in [9.17, 15) is 0 Å². The quantitative estimate of drug-likeness (QED) is 0.852. The van der Waals surface area contributed by atoms with E-state index in [0.717, 1.165) is 44.6 Å². The topological polar surface area (TPSA) is 41.6 Å². The van der Waals surface area contributed by atoms with Crippen molar-refractivity contribution in [1.82, 2.24) is 4.90 Å². The van der Waals surface area contributed by atoms with E-state index in [1.807, 2.05) is 0 Å². The van der Waals surface area contributed by atoms with Gasteiger partial charge in [-0.2, -0.15) is 0 Å². The molecule has 0 aromatic carbocycles. The molecule has 0 amide bonds. The summed E-state index contributed by atoms with van der Waals surface area (Å²) in [6.45, 7) is 1.89. The number of hydrogen-bond acceptors (Lipinski definition) is 3. The number of rotatable bonds is 4. The lowest BCUT2D eigenvalue weighted by molar-refractivity contribution is 0.303. The van der Waals surface area contributed by atoms with E-state index >= 15 is 0 Å². The van der Waals surface area contributed by atoms with Gasteiger partial charge >= 0.3 is 0 Å². The Kier molecular flexibility index (Phi) is 4.84. The third kappa shape index (κ3) is 3.47. The van der Waals surface area contributed by atoms with Gasteiger partial charge in [-0.3, -0.25) is 4.99 Å². The average molecular weight is 333 g/mol. The normalized spacial score (nSPS) is 29.5. The minimum atomic E-state index is 0.146. The number of nitrogens with two attached hydrogens (primary N) is 1. The summed E-state index contributed by atoms with van der Waals surface area (Å²) in [5.41, 5.74) is 8.79. The van der Waals surface area contributed by atoms with Gasteiger partial charge in [0.15, 0.2) is 0 Å². The summed E-state index contributed by atoms with van der Waals surface area (Å²) in [4.78, 5) is 7.42. The first-order chi connectivity index (χ1) is 12.3. The van der Waals surface area contributed by atoms with Gasteiger partial charge in [-0.05, 0) is 31.3 Å². The molecule has 1 heterocycles. The standard InChI is InChI=1S/C22H27N3/c23-20-13-11-19(12-14-20)22-24-15-16-25(22)21(17-7-3-1-4-8-17)18-9-5-2-6-10-18/h1-5,7,9,11-13,17,20-21H,6,8,10,14-16,23H2. The molecule has 0 aromatic rings. The summed E-state index contributed by atoms with van der Waals surface area (Å²) in [6.07, 6.45) is 26.7. The smallest absolute Gasteiger partial charge is 0.131 e. The van der Waals surface area contributed by atoms with Crippen molar-refractivity contribution in [3.8, 4) is 0 Å². The average Bonchev–Trinajstić information content (AvgIpc) is 3.14. The number of hydrogen-bond donors (Lipinski definition) is 1. The van der Waals surface area contributed by atoms with Crippen molar-refractivity contribution in [2.45, 2.75) is 37.8 Å². The molecular weight excluding hydrogens is 306 g/mol. The Labute approximate surface area is 150 Å². The number of aliphatic imine (C=N–C) groups is 1. The molecule has 3 nitrogen and oxygen atoms in total. The Morgan fingerprint density at radius 3 is 2.80 bits per heavy atom. The lowest BCUT2D eigenvalue weighted by Crippen LogP contribution is -2.44. The van der Waals surface area contributed by atoms with E-state index in [1.165, 1.54) is 5.57 Å². The molecule has 0 bridgehead atoms. The second kappa shape index (κ2) is 7.40. The lowest BCUT2D eigenvalue weighted by atomic mass is 9.83. The molecule has 1 aliphatic heterocycles. The molecule has 3 atom stereocenters. The Balaban J connectivity index is 1.64. The Bertz CT molecular complexity index is 718. The molecule has 25 heavy (non-hydrogen) atoms. The molecule has 130 valence electrons. The molecule has 3 unspecified atom stereocenters. The van der Waals surface area contributed by atoms with Gasteiger partial charge in [0, 0.05) is 24.1 Å². The first-order valence-electron chi connectivity index (χ1n) is 9.47. The summed E-state index contributed by atoms with van der Waals surface area (Å²) in [6, 6.07) is 0.546. The second-order valence-electron chi connectivity index (χ2n) is 7.18. The van der Waals surface area contributed by atoms with E-state index < -0.39 is 0 Å². The summed E-state index contributed by atoms with van der Waals surface area (Å²) in [7, 11) is 0. The molecular formula is C22H27N3. The minimum Gasteiger partial charge on any atom is -0.347 e. The van der Waals surface area contributed by atoms with Crippen LogP contribution in [0.4, 0.5) is 0 Å². The van der Waals surface area contributed by atoms with Crippen LogP contribution in [0, 0.1) is 5.92 Å². The van der Waals surface area contributed by atoms with Crippen molar-refractivity contribution >= 4 is 5.84 Å². The molecule has 3 aliphatic carbocycles. The van der Waals surface area contributed by atoms with E-state index in [0.29, 0.717) is 12.0 Å². The Morgan fingerprint density at radius 1 is 1.12 bits per heavy atom. The van der Waals surface area contributed by atoms with Gasteiger partial charge < -0.3 is 10.6 Å². The predicted molar refractivity (Wildman–Crippen MR) is 105 cm³/mol.